The van der Waals surface area contributed by atoms with Crippen molar-refractivity contribution in [3.8, 4) is 0 Å². The molecular weight excluding hydrogens is 219 g/mol. The van der Waals surface area contributed by atoms with E-state index in [-0.39, 0.29) is 11.7 Å². The third-order valence-electron chi connectivity index (χ3n) is 3.67. The van der Waals surface area contributed by atoms with E-state index in [1.807, 2.05) is 4.90 Å². The van der Waals surface area contributed by atoms with Crippen molar-refractivity contribution >= 4 is 5.91 Å². The number of amides is 1. The zero-order valence-corrected chi connectivity index (χ0v) is 9.58. The molecule has 0 unspecified atom stereocenters. The number of halogens is 1. The van der Waals surface area contributed by atoms with Gasteiger partial charge in [0.05, 0.1) is 6.42 Å². The van der Waals surface area contributed by atoms with E-state index in [1.54, 1.807) is 12.1 Å². The highest BCUT2D eigenvalue weighted by molar-refractivity contribution is 5.79. The molecule has 2 fully saturated rings. The molecule has 0 atom stereocenters. The zero-order valence-electron chi connectivity index (χ0n) is 9.58. The fraction of sp³-hybridized carbons (Fsp3) is 0.462. The van der Waals surface area contributed by atoms with Crippen LogP contribution in [0.15, 0.2) is 24.3 Å². The summed E-state index contributed by atoms with van der Waals surface area (Å²) in [5.74, 6) is -0.112. The fourth-order valence-electron chi connectivity index (χ4n) is 2.53. The predicted molar refractivity (Wildman–Crippen MR) is 62.0 cm³/mol. The molecule has 0 aromatic heterocycles. The highest BCUT2D eigenvalue weighted by Gasteiger charge is 2.48. The number of benzene rings is 1. The van der Waals surface area contributed by atoms with Crippen molar-refractivity contribution in [2.45, 2.75) is 6.42 Å². The van der Waals surface area contributed by atoms with Gasteiger partial charge in [0, 0.05) is 31.6 Å². The van der Waals surface area contributed by atoms with Crippen molar-refractivity contribution in [3.63, 3.8) is 0 Å². The molecule has 0 aliphatic carbocycles. The van der Waals surface area contributed by atoms with Gasteiger partial charge in [-0.05, 0) is 17.7 Å². The summed E-state index contributed by atoms with van der Waals surface area (Å²) in [6, 6.07) is 6.15. The summed E-state index contributed by atoms with van der Waals surface area (Å²) in [6.45, 7) is 3.82. The van der Waals surface area contributed by atoms with Crippen LogP contribution in [-0.2, 0) is 11.2 Å². The third kappa shape index (κ3) is 1.93. The molecule has 90 valence electrons. The Hall–Kier alpha value is -1.42. The van der Waals surface area contributed by atoms with E-state index in [4.69, 9.17) is 0 Å². The summed E-state index contributed by atoms with van der Waals surface area (Å²) in [5.41, 5.74) is 1.25. The summed E-state index contributed by atoms with van der Waals surface area (Å²) in [6.07, 6.45) is 0.379. The first kappa shape index (κ1) is 10.7. The van der Waals surface area contributed by atoms with E-state index in [1.165, 1.54) is 12.1 Å². The second-order valence-corrected chi connectivity index (χ2v) is 5.16. The smallest absolute Gasteiger partial charge is 0.227 e. The van der Waals surface area contributed by atoms with E-state index in [0.717, 1.165) is 31.7 Å². The van der Waals surface area contributed by atoms with Gasteiger partial charge in [-0.15, -0.1) is 0 Å². The Morgan fingerprint density at radius 3 is 2.47 bits per heavy atom. The molecule has 1 spiro atoms. The number of hydrogen-bond acceptors (Lipinski definition) is 2. The van der Waals surface area contributed by atoms with Crippen molar-refractivity contribution in [3.05, 3.63) is 35.6 Å². The first-order valence-corrected chi connectivity index (χ1v) is 5.90. The highest BCUT2D eigenvalue weighted by Crippen LogP contribution is 2.34. The fourth-order valence-corrected chi connectivity index (χ4v) is 2.53. The third-order valence-corrected chi connectivity index (χ3v) is 3.67. The minimum Gasteiger partial charge on any atom is -0.341 e. The molecule has 3 rings (SSSR count). The van der Waals surface area contributed by atoms with Gasteiger partial charge in [-0.1, -0.05) is 12.1 Å². The van der Waals surface area contributed by atoms with Crippen LogP contribution in [0, 0.1) is 11.2 Å². The molecule has 0 bridgehead atoms. The molecular formula is C13H15FN2O. The summed E-state index contributed by atoms with van der Waals surface area (Å²) in [7, 11) is 0. The summed E-state index contributed by atoms with van der Waals surface area (Å²) in [5, 5.41) is 3.24. The number of nitrogens with one attached hydrogen (secondary N) is 1. The van der Waals surface area contributed by atoms with E-state index in [2.05, 4.69) is 5.32 Å². The van der Waals surface area contributed by atoms with Crippen LogP contribution >= 0.6 is 0 Å². The number of carbonyl (C=O) groups is 1. The molecule has 17 heavy (non-hydrogen) atoms. The molecule has 2 heterocycles. The monoisotopic (exact) mass is 234 g/mol. The van der Waals surface area contributed by atoms with Crippen LogP contribution in [-0.4, -0.2) is 37.0 Å². The number of rotatable bonds is 2. The van der Waals surface area contributed by atoms with Gasteiger partial charge in [-0.2, -0.15) is 0 Å². The first-order chi connectivity index (χ1) is 8.17. The topological polar surface area (TPSA) is 32.3 Å². The van der Waals surface area contributed by atoms with Crippen molar-refractivity contribution < 1.29 is 9.18 Å². The van der Waals surface area contributed by atoms with E-state index >= 15 is 0 Å². The summed E-state index contributed by atoms with van der Waals surface area (Å²) >= 11 is 0. The second-order valence-electron chi connectivity index (χ2n) is 5.16. The van der Waals surface area contributed by atoms with Crippen LogP contribution in [0.3, 0.4) is 0 Å². The molecule has 1 N–H and O–H groups in total. The van der Waals surface area contributed by atoms with E-state index < -0.39 is 0 Å². The maximum atomic E-state index is 12.7. The van der Waals surface area contributed by atoms with Crippen LogP contribution in [0.1, 0.15) is 5.56 Å². The minimum absolute atomic E-state index is 0.147. The van der Waals surface area contributed by atoms with Crippen molar-refractivity contribution in [2.75, 3.05) is 26.2 Å². The predicted octanol–water partition coefficient (Wildman–Crippen LogP) is 0.800. The average Bonchev–Trinajstić information content (AvgIpc) is 2.17. The van der Waals surface area contributed by atoms with Crippen LogP contribution in [0.5, 0.6) is 0 Å². The first-order valence-electron chi connectivity index (χ1n) is 5.90. The van der Waals surface area contributed by atoms with Crippen LogP contribution in [0.25, 0.3) is 0 Å². The molecule has 0 radical (unpaired) electrons. The number of likely N-dealkylation sites (tertiary alicyclic amines) is 1. The van der Waals surface area contributed by atoms with Gasteiger partial charge in [0.1, 0.15) is 5.82 Å². The molecule has 2 aliphatic rings. The highest BCUT2D eigenvalue weighted by atomic mass is 19.1. The Morgan fingerprint density at radius 1 is 1.29 bits per heavy atom. The summed E-state index contributed by atoms with van der Waals surface area (Å²) < 4.78 is 12.7. The normalized spacial score (nSPS) is 20.9. The lowest BCUT2D eigenvalue weighted by Gasteiger charge is -2.56. The van der Waals surface area contributed by atoms with Gasteiger partial charge in [0.25, 0.3) is 0 Å². The van der Waals surface area contributed by atoms with Crippen LogP contribution in [0.4, 0.5) is 4.39 Å². The Morgan fingerprint density at radius 2 is 1.94 bits per heavy atom. The second kappa shape index (κ2) is 3.81. The lowest BCUT2D eigenvalue weighted by Crippen LogP contribution is -2.72. The van der Waals surface area contributed by atoms with E-state index in [0.29, 0.717) is 11.8 Å². The largest absolute Gasteiger partial charge is 0.341 e. The van der Waals surface area contributed by atoms with Gasteiger partial charge >= 0.3 is 0 Å². The lowest BCUT2D eigenvalue weighted by molar-refractivity contribution is -0.146. The molecule has 1 aromatic carbocycles. The molecule has 0 saturated carbocycles. The number of hydrogen-bond donors (Lipinski definition) is 1. The average molecular weight is 234 g/mol. The molecule has 2 saturated heterocycles. The van der Waals surface area contributed by atoms with Gasteiger partial charge in [0.2, 0.25) is 5.91 Å². The minimum atomic E-state index is -0.260. The quantitative estimate of drug-likeness (QED) is 0.821. The van der Waals surface area contributed by atoms with Crippen molar-refractivity contribution in [1.29, 1.82) is 0 Å². The molecule has 2 aliphatic heterocycles. The van der Waals surface area contributed by atoms with Gasteiger partial charge in [-0.3, -0.25) is 4.79 Å². The maximum Gasteiger partial charge on any atom is 0.227 e. The standard InChI is InChI=1S/C13H15FN2O/c14-11-3-1-10(2-4-11)5-12(17)16-8-13(9-16)6-15-7-13/h1-4,15H,5-9H2. The van der Waals surface area contributed by atoms with Gasteiger partial charge < -0.3 is 10.2 Å². The molecule has 1 aromatic rings. The van der Waals surface area contributed by atoms with Gasteiger partial charge in [0.15, 0.2) is 0 Å². The van der Waals surface area contributed by atoms with Crippen LogP contribution < -0.4 is 5.32 Å². The van der Waals surface area contributed by atoms with E-state index in [9.17, 15) is 9.18 Å². The Labute approximate surface area is 99.6 Å². The SMILES string of the molecule is O=C(Cc1ccc(F)cc1)N1CC2(CNC2)C1. The lowest BCUT2D eigenvalue weighted by atomic mass is 9.74. The molecule has 4 heteroatoms. The number of nitrogens with zero attached hydrogens (tertiary/aromatic N) is 1. The Balaban J connectivity index is 1.55. The number of carbonyl (C=O) groups excluding carboxylic acids is 1. The zero-order chi connectivity index (χ0) is 11.9. The van der Waals surface area contributed by atoms with Crippen molar-refractivity contribution in [2.24, 2.45) is 5.41 Å². The molecule has 1 amide bonds. The van der Waals surface area contributed by atoms with Crippen molar-refractivity contribution in [1.82, 2.24) is 10.2 Å². The Kier molecular flexibility index (Phi) is 2.40. The maximum absolute atomic E-state index is 12.7. The Bertz CT molecular complexity index is 431. The van der Waals surface area contributed by atoms with Crippen LogP contribution in [0.2, 0.25) is 0 Å². The van der Waals surface area contributed by atoms with Gasteiger partial charge in [-0.25, -0.2) is 4.39 Å². The summed E-state index contributed by atoms with van der Waals surface area (Å²) in [4.78, 5) is 13.8. The molecule has 3 nitrogen and oxygen atoms in total.